The molecular weight excluding hydrogens is 529 g/mol. The Bertz CT molecular complexity index is 1550. The number of rotatable bonds is 8. The molecule has 0 aliphatic carbocycles. The van der Waals surface area contributed by atoms with Gasteiger partial charge in [-0.3, -0.25) is 18.7 Å². The predicted octanol–water partition coefficient (Wildman–Crippen LogP) is 5.09. The van der Waals surface area contributed by atoms with Gasteiger partial charge in [-0.05, 0) is 68.4 Å². The summed E-state index contributed by atoms with van der Waals surface area (Å²) in [6.45, 7) is 4.02. The standard InChI is InChI=1S/C26H26N4O4S3/c1-3-34-19-11-9-17(10-12-19)30-24(32)22-23(27-25(30)36-16-21(31)28-13-4-5-14-28)29(26(35)37-22)18-7-6-8-20(15-18)33-2/h6-12,15H,3-5,13-14,16H2,1-2H3. The van der Waals surface area contributed by atoms with E-state index in [0.717, 1.165) is 31.6 Å². The number of thiazole rings is 1. The largest absolute Gasteiger partial charge is 0.497 e. The van der Waals surface area contributed by atoms with Crippen LogP contribution < -0.4 is 15.0 Å². The Morgan fingerprint density at radius 3 is 2.54 bits per heavy atom. The van der Waals surface area contributed by atoms with Gasteiger partial charge in [0.25, 0.3) is 5.56 Å². The number of thioether (sulfide) groups is 1. The molecule has 192 valence electrons. The Morgan fingerprint density at radius 2 is 1.84 bits per heavy atom. The summed E-state index contributed by atoms with van der Waals surface area (Å²) in [6, 6.07) is 14.8. The fourth-order valence-corrected chi connectivity index (χ4v) is 6.49. The van der Waals surface area contributed by atoms with Crippen LogP contribution in [-0.2, 0) is 4.79 Å². The Labute approximate surface area is 227 Å². The van der Waals surface area contributed by atoms with Crippen LogP contribution in [0.1, 0.15) is 19.8 Å². The van der Waals surface area contributed by atoms with E-state index in [0.29, 0.717) is 43.3 Å². The lowest BCUT2D eigenvalue weighted by Gasteiger charge is -2.16. The number of hydrogen-bond donors (Lipinski definition) is 0. The number of carbonyl (C=O) groups excluding carboxylic acids is 1. The van der Waals surface area contributed by atoms with Gasteiger partial charge >= 0.3 is 0 Å². The molecule has 0 unspecified atom stereocenters. The molecule has 3 heterocycles. The number of carbonyl (C=O) groups is 1. The number of hydrogen-bond acceptors (Lipinski definition) is 8. The maximum Gasteiger partial charge on any atom is 0.278 e. The summed E-state index contributed by atoms with van der Waals surface area (Å²) in [4.78, 5) is 33.5. The number of benzene rings is 2. The molecule has 11 heteroatoms. The lowest BCUT2D eigenvalue weighted by molar-refractivity contribution is -0.127. The van der Waals surface area contributed by atoms with Gasteiger partial charge in [-0.15, -0.1) is 0 Å². The average Bonchev–Trinajstić information content (AvgIpc) is 3.56. The number of amides is 1. The van der Waals surface area contributed by atoms with Gasteiger partial charge in [-0.1, -0.05) is 29.2 Å². The quantitative estimate of drug-likeness (QED) is 0.171. The minimum atomic E-state index is -0.233. The second kappa shape index (κ2) is 11.1. The molecule has 1 fully saturated rings. The molecule has 8 nitrogen and oxygen atoms in total. The van der Waals surface area contributed by atoms with Gasteiger partial charge in [0, 0.05) is 19.2 Å². The van der Waals surface area contributed by atoms with Crippen molar-refractivity contribution in [1.29, 1.82) is 0 Å². The summed E-state index contributed by atoms with van der Waals surface area (Å²) in [5.74, 6) is 1.63. The van der Waals surface area contributed by atoms with E-state index in [1.165, 1.54) is 23.1 Å². The van der Waals surface area contributed by atoms with Crippen molar-refractivity contribution >= 4 is 51.6 Å². The highest BCUT2D eigenvalue weighted by Gasteiger charge is 2.22. The fourth-order valence-electron chi connectivity index (χ4n) is 4.28. The molecule has 1 aliphatic rings. The van der Waals surface area contributed by atoms with Crippen LogP contribution in [0.4, 0.5) is 0 Å². The first-order chi connectivity index (χ1) is 18.0. The number of ether oxygens (including phenoxy) is 2. The van der Waals surface area contributed by atoms with Crippen LogP contribution in [0.3, 0.4) is 0 Å². The van der Waals surface area contributed by atoms with Crippen molar-refractivity contribution in [2.45, 2.75) is 24.9 Å². The summed E-state index contributed by atoms with van der Waals surface area (Å²) in [6.07, 6.45) is 2.04. The van der Waals surface area contributed by atoms with Crippen LogP contribution in [0.2, 0.25) is 0 Å². The van der Waals surface area contributed by atoms with Crippen LogP contribution in [0.25, 0.3) is 21.7 Å². The monoisotopic (exact) mass is 554 g/mol. The Hall–Kier alpha value is -3.15. The van der Waals surface area contributed by atoms with Crippen molar-refractivity contribution in [1.82, 2.24) is 19.0 Å². The van der Waals surface area contributed by atoms with Crippen LogP contribution in [-0.4, -0.2) is 57.5 Å². The van der Waals surface area contributed by atoms with Crippen molar-refractivity contribution in [2.75, 3.05) is 32.6 Å². The van der Waals surface area contributed by atoms with E-state index in [-0.39, 0.29) is 17.2 Å². The van der Waals surface area contributed by atoms with E-state index < -0.39 is 0 Å². The van der Waals surface area contributed by atoms with E-state index in [1.54, 1.807) is 16.2 Å². The van der Waals surface area contributed by atoms with Gasteiger partial charge in [-0.25, -0.2) is 4.98 Å². The van der Waals surface area contributed by atoms with E-state index in [2.05, 4.69) is 0 Å². The molecule has 4 aromatic rings. The zero-order valence-electron chi connectivity index (χ0n) is 20.5. The van der Waals surface area contributed by atoms with Crippen molar-refractivity contribution in [2.24, 2.45) is 0 Å². The first kappa shape index (κ1) is 25.5. The first-order valence-corrected chi connectivity index (χ1v) is 14.2. The van der Waals surface area contributed by atoms with Crippen LogP contribution in [0.5, 0.6) is 11.5 Å². The second-order valence-electron chi connectivity index (χ2n) is 8.40. The lowest BCUT2D eigenvalue weighted by atomic mass is 10.3. The number of likely N-dealkylation sites (tertiary alicyclic amines) is 1. The lowest BCUT2D eigenvalue weighted by Crippen LogP contribution is -2.29. The number of nitrogens with zero attached hydrogens (tertiary/aromatic N) is 4. The summed E-state index contributed by atoms with van der Waals surface area (Å²) < 4.78 is 15.2. The molecule has 1 aliphatic heterocycles. The Morgan fingerprint density at radius 1 is 1.08 bits per heavy atom. The topological polar surface area (TPSA) is 78.6 Å². The number of methoxy groups -OCH3 is 1. The predicted molar refractivity (Wildman–Crippen MR) is 150 cm³/mol. The summed E-state index contributed by atoms with van der Waals surface area (Å²) in [5.41, 5.74) is 1.63. The Kier molecular flexibility index (Phi) is 7.63. The van der Waals surface area contributed by atoms with Crippen molar-refractivity contribution in [3.8, 4) is 22.9 Å². The molecule has 5 rings (SSSR count). The molecule has 0 spiro atoms. The molecule has 0 saturated carbocycles. The van der Waals surface area contributed by atoms with Crippen LogP contribution in [0.15, 0.2) is 58.5 Å². The molecule has 1 amide bonds. The minimum absolute atomic E-state index is 0.0463. The first-order valence-electron chi connectivity index (χ1n) is 12.0. The maximum atomic E-state index is 13.9. The van der Waals surface area contributed by atoms with Crippen molar-refractivity contribution in [3.63, 3.8) is 0 Å². The van der Waals surface area contributed by atoms with Crippen molar-refractivity contribution in [3.05, 3.63) is 62.8 Å². The molecule has 0 radical (unpaired) electrons. The van der Waals surface area contributed by atoms with Gasteiger partial charge in [0.1, 0.15) is 16.2 Å². The highest BCUT2D eigenvalue weighted by molar-refractivity contribution is 7.99. The van der Waals surface area contributed by atoms with Crippen LogP contribution in [0, 0.1) is 3.95 Å². The molecule has 1 saturated heterocycles. The van der Waals surface area contributed by atoms with Gasteiger partial charge in [0.2, 0.25) is 5.91 Å². The molecule has 2 aromatic heterocycles. The normalized spacial score (nSPS) is 13.3. The summed E-state index contributed by atoms with van der Waals surface area (Å²) >= 11 is 8.15. The Balaban J connectivity index is 1.64. The van der Waals surface area contributed by atoms with Crippen molar-refractivity contribution < 1.29 is 14.3 Å². The second-order valence-corrected chi connectivity index (χ2v) is 11.0. The van der Waals surface area contributed by atoms with E-state index in [9.17, 15) is 9.59 Å². The third-order valence-electron chi connectivity index (χ3n) is 6.08. The summed E-state index contributed by atoms with van der Waals surface area (Å²) in [7, 11) is 1.60. The third-order valence-corrected chi connectivity index (χ3v) is 8.35. The fraction of sp³-hybridized carbons (Fsp3) is 0.308. The van der Waals surface area contributed by atoms with E-state index in [1.807, 2.05) is 60.4 Å². The van der Waals surface area contributed by atoms with E-state index in [4.69, 9.17) is 26.7 Å². The molecule has 2 aromatic carbocycles. The van der Waals surface area contributed by atoms with E-state index >= 15 is 0 Å². The van der Waals surface area contributed by atoms with Gasteiger partial charge in [0.05, 0.1) is 30.8 Å². The maximum absolute atomic E-state index is 13.9. The average molecular weight is 555 g/mol. The van der Waals surface area contributed by atoms with Gasteiger partial charge in [-0.2, -0.15) is 0 Å². The zero-order valence-corrected chi connectivity index (χ0v) is 23.0. The van der Waals surface area contributed by atoms with Crippen LogP contribution >= 0.6 is 35.3 Å². The molecule has 0 N–H and O–H groups in total. The highest BCUT2D eigenvalue weighted by atomic mass is 32.2. The zero-order chi connectivity index (χ0) is 25.9. The third kappa shape index (κ3) is 5.16. The highest BCUT2D eigenvalue weighted by Crippen LogP contribution is 2.29. The molecular formula is C26H26N4O4S3. The molecule has 0 atom stereocenters. The summed E-state index contributed by atoms with van der Waals surface area (Å²) in [5, 5.41) is 0.429. The minimum Gasteiger partial charge on any atom is -0.497 e. The SMILES string of the molecule is CCOc1ccc(-n2c(SCC(=O)N3CCCC3)nc3c(sc(=S)n3-c3cccc(OC)c3)c2=O)cc1. The number of aromatic nitrogens is 3. The van der Waals surface area contributed by atoms with Gasteiger partial charge < -0.3 is 14.4 Å². The molecule has 37 heavy (non-hydrogen) atoms. The molecule has 0 bridgehead atoms. The number of fused-ring (bicyclic) bond motifs is 1. The van der Waals surface area contributed by atoms with Gasteiger partial charge in [0.15, 0.2) is 14.8 Å². The smallest absolute Gasteiger partial charge is 0.278 e.